The van der Waals surface area contributed by atoms with E-state index in [1.807, 2.05) is 26.8 Å². The molecule has 0 spiro atoms. The van der Waals surface area contributed by atoms with Crippen LogP contribution in [0.5, 0.6) is 0 Å². The number of carbonyl (C=O) groups excluding carboxylic acids is 2. The van der Waals surface area contributed by atoms with Gasteiger partial charge in [-0.05, 0) is 24.5 Å². The van der Waals surface area contributed by atoms with Crippen LogP contribution in [-0.4, -0.2) is 24.5 Å². The molecule has 5 heteroatoms. The smallest absolute Gasteiger partial charge is 0.325 e. The Morgan fingerprint density at radius 2 is 1.80 bits per heavy atom. The van der Waals surface area contributed by atoms with Gasteiger partial charge >= 0.3 is 5.97 Å². The summed E-state index contributed by atoms with van der Waals surface area (Å²) in [5, 5.41) is 0. The number of hydrogen-bond acceptors (Lipinski definition) is 4. The molecular weight excluding hydrogens is 256 g/mol. The summed E-state index contributed by atoms with van der Waals surface area (Å²) in [4.78, 5) is 23.8. The molecule has 0 fully saturated rings. The molecular formula is C15H22N2O3. The van der Waals surface area contributed by atoms with Gasteiger partial charge in [0.05, 0.1) is 6.61 Å². The van der Waals surface area contributed by atoms with E-state index >= 15 is 0 Å². The number of amides is 1. The number of hydrogen-bond donors (Lipinski definition) is 2. The molecule has 0 aliphatic carbocycles. The van der Waals surface area contributed by atoms with Crippen LogP contribution in [-0.2, 0) is 9.53 Å². The molecule has 1 aromatic carbocycles. The van der Waals surface area contributed by atoms with Crippen LogP contribution in [0.3, 0.4) is 0 Å². The van der Waals surface area contributed by atoms with E-state index in [0.29, 0.717) is 12.2 Å². The van der Waals surface area contributed by atoms with Crippen molar-refractivity contribution in [2.75, 3.05) is 6.61 Å². The Balaban J connectivity index is 2.68. The minimum atomic E-state index is -0.616. The maximum atomic E-state index is 11.9. The van der Waals surface area contributed by atoms with Crippen LogP contribution in [0.4, 0.5) is 0 Å². The molecule has 0 aromatic heterocycles. The van der Waals surface area contributed by atoms with Gasteiger partial charge in [0.15, 0.2) is 0 Å². The fourth-order valence-corrected chi connectivity index (χ4v) is 1.65. The quantitative estimate of drug-likeness (QED) is 0.637. The van der Waals surface area contributed by atoms with Crippen LogP contribution in [0.2, 0.25) is 0 Å². The van der Waals surface area contributed by atoms with Gasteiger partial charge in [-0.3, -0.25) is 15.0 Å². The Morgan fingerprint density at radius 3 is 2.30 bits per heavy atom. The van der Waals surface area contributed by atoms with Crippen molar-refractivity contribution in [3.8, 4) is 0 Å². The summed E-state index contributed by atoms with van der Waals surface area (Å²) in [6, 6.07) is 8.18. The van der Waals surface area contributed by atoms with Gasteiger partial charge in [-0.15, -0.1) is 0 Å². The van der Waals surface area contributed by atoms with E-state index in [2.05, 4.69) is 10.9 Å². The SMILES string of the molecule is CCOC(=O)C(NNC(=O)c1ccccc1)C(C)(C)C. The van der Waals surface area contributed by atoms with E-state index in [0.717, 1.165) is 0 Å². The predicted octanol–water partition coefficient (Wildman–Crippen LogP) is 1.90. The van der Waals surface area contributed by atoms with Crippen LogP contribution >= 0.6 is 0 Å². The lowest BCUT2D eigenvalue weighted by Gasteiger charge is -2.29. The van der Waals surface area contributed by atoms with E-state index < -0.39 is 6.04 Å². The number of carbonyl (C=O) groups is 2. The predicted molar refractivity (Wildman–Crippen MR) is 76.9 cm³/mol. The molecule has 0 radical (unpaired) electrons. The van der Waals surface area contributed by atoms with E-state index in [1.165, 1.54) is 0 Å². The third-order valence-corrected chi connectivity index (χ3v) is 2.75. The Morgan fingerprint density at radius 1 is 1.20 bits per heavy atom. The summed E-state index contributed by atoms with van der Waals surface area (Å²) >= 11 is 0. The Hall–Kier alpha value is -1.88. The molecule has 0 saturated carbocycles. The minimum Gasteiger partial charge on any atom is -0.465 e. The summed E-state index contributed by atoms with van der Waals surface area (Å²) in [5.41, 5.74) is 5.47. The van der Waals surface area contributed by atoms with Crippen LogP contribution in [0, 0.1) is 5.41 Å². The highest BCUT2D eigenvalue weighted by Gasteiger charge is 2.32. The minimum absolute atomic E-state index is 0.288. The number of hydrazine groups is 1. The molecule has 0 heterocycles. The molecule has 1 unspecified atom stereocenters. The molecule has 110 valence electrons. The van der Waals surface area contributed by atoms with Gasteiger partial charge in [-0.25, -0.2) is 5.43 Å². The summed E-state index contributed by atoms with van der Waals surface area (Å²) < 4.78 is 5.02. The van der Waals surface area contributed by atoms with Crippen molar-refractivity contribution in [1.29, 1.82) is 0 Å². The van der Waals surface area contributed by atoms with Gasteiger partial charge in [0.25, 0.3) is 5.91 Å². The third kappa shape index (κ3) is 4.66. The molecule has 1 amide bonds. The van der Waals surface area contributed by atoms with E-state index in [9.17, 15) is 9.59 Å². The molecule has 0 aliphatic heterocycles. The Bertz CT molecular complexity index is 452. The summed E-state index contributed by atoms with van der Waals surface area (Å²) in [7, 11) is 0. The molecule has 20 heavy (non-hydrogen) atoms. The zero-order valence-corrected chi connectivity index (χ0v) is 12.4. The van der Waals surface area contributed by atoms with Crippen molar-refractivity contribution >= 4 is 11.9 Å². The monoisotopic (exact) mass is 278 g/mol. The normalized spacial score (nSPS) is 12.6. The second-order valence-electron chi connectivity index (χ2n) is 5.52. The molecule has 5 nitrogen and oxygen atoms in total. The fourth-order valence-electron chi connectivity index (χ4n) is 1.65. The zero-order chi connectivity index (χ0) is 15.2. The van der Waals surface area contributed by atoms with Gasteiger partial charge < -0.3 is 4.74 Å². The van der Waals surface area contributed by atoms with Gasteiger partial charge in [-0.2, -0.15) is 0 Å². The maximum absolute atomic E-state index is 11.9. The number of ether oxygens (including phenoxy) is 1. The van der Waals surface area contributed by atoms with Gasteiger partial charge in [0, 0.05) is 5.56 Å². The third-order valence-electron chi connectivity index (χ3n) is 2.75. The summed E-state index contributed by atoms with van der Waals surface area (Å²) in [6.07, 6.45) is 0. The van der Waals surface area contributed by atoms with Crippen molar-refractivity contribution in [3.63, 3.8) is 0 Å². The van der Waals surface area contributed by atoms with Crippen LogP contribution in [0.15, 0.2) is 30.3 Å². The average Bonchev–Trinajstić information content (AvgIpc) is 2.38. The number of benzene rings is 1. The second-order valence-corrected chi connectivity index (χ2v) is 5.52. The van der Waals surface area contributed by atoms with Crippen molar-refractivity contribution in [2.45, 2.75) is 33.7 Å². The van der Waals surface area contributed by atoms with E-state index in [1.54, 1.807) is 31.2 Å². The lowest BCUT2D eigenvalue weighted by molar-refractivity contribution is -0.148. The first-order valence-electron chi connectivity index (χ1n) is 6.63. The number of rotatable bonds is 5. The van der Waals surface area contributed by atoms with Crippen molar-refractivity contribution in [1.82, 2.24) is 10.9 Å². The molecule has 1 aromatic rings. The van der Waals surface area contributed by atoms with E-state index in [-0.39, 0.29) is 17.3 Å². The molecule has 2 N–H and O–H groups in total. The van der Waals surface area contributed by atoms with Crippen LogP contribution in [0.25, 0.3) is 0 Å². The summed E-state index contributed by atoms with van der Waals surface area (Å²) in [5.74, 6) is -0.669. The molecule has 1 atom stereocenters. The first kappa shape index (κ1) is 16.2. The Labute approximate surface area is 119 Å². The van der Waals surface area contributed by atoms with E-state index in [4.69, 9.17) is 4.74 Å². The molecule has 1 rings (SSSR count). The number of esters is 1. The van der Waals surface area contributed by atoms with Crippen LogP contribution in [0.1, 0.15) is 38.1 Å². The largest absolute Gasteiger partial charge is 0.465 e. The molecule has 0 bridgehead atoms. The van der Waals surface area contributed by atoms with Gasteiger partial charge in [0.2, 0.25) is 0 Å². The van der Waals surface area contributed by atoms with Crippen molar-refractivity contribution < 1.29 is 14.3 Å². The fraction of sp³-hybridized carbons (Fsp3) is 0.467. The van der Waals surface area contributed by atoms with Gasteiger partial charge in [0.1, 0.15) is 6.04 Å². The lowest BCUT2D eigenvalue weighted by Crippen LogP contribution is -2.54. The average molecular weight is 278 g/mol. The zero-order valence-electron chi connectivity index (χ0n) is 12.4. The van der Waals surface area contributed by atoms with Crippen molar-refractivity contribution in [3.05, 3.63) is 35.9 Å². The van der Waals surface area contributed by atoms with Gasteiger partial charge in [-0.1, -0.05) is 39.0 Å². The van der Waals surface area contributed by atoms with Crippen LogP contribution < -0.4 is 10.9 Å². The highest BCUT2D eigenvalue weighted by molar-refractivity contribution is 5.94. The first-order valence-corrected chi connectivity index (χ1v) is 6.63. The second kappa shape index (κ2) is 7.05. The topological polar surface area (TPSA) is 67.4 Å². The lowest BCUT2D eigenvalue weighted by atomic mass is 9.87. The standard InChI is InChI=1S/C15H22N2O3/c1-5-20-14(19)12(15(2,3)4)16-17-13(18)11-9-7-6-8-10-11/h6-10,12,16H,5H2,1-4H3,(H,17,18). The highest BCUT2D eigenvalue weighted by atomic mass is 16.5. The maximum Gasteiger partial charge on any atom is 0.325 e. The Kier molecular flexibility index (Phi) is 5.70. The highest BCUT2D eigenvalue weighted by Crippen LogP contribution is 2.19. The number of nitrogens with one attached hydrogen (secondary N) is 2. The summed E-state index contributed by atoms with van der Waals surface area (Å²) in [6.45, 7) is 7.75. The molecule has 0 saturated heterocycles. The van der Waals surface area contributed by atoms with Crippen molar-refractivity contribution in [2.24, 2.45) is 5.41 Å². The molecule has 0 aliphatic rings. The first-order chi connectivity index (χ1) is 9.36.